The van der Waals surface area contributed by atoms with Crippen molar-refractivity contribution in [2.75, 3.05) is 13.2 Å². The van der Waals surface area contributed by atoms with E-state index in [1.807, 2.05) is 0 Å². The molecule has 0 spiro atoms. The van der Waals surface area contributed by atoms with Crippen LogP contribution in [0.1, 0.15) is 181 Å². The van der Waals surface area contributed by atoms with Crippen molar-refractivity contribution in [2.45, 2.75) is 236 Å². The van der Waals surface area contributed by atoms with Crippen LogP contribution in [0.5, 0.6) is 0 Å². The van der Waals surface area contributed by atoms with E-state index in [-0.39, 0.29) is 12.8 Å². The quantitative estimate of drug-likeness (QED) is 0.0252. The van der Waals surface area contributed by atoms with E-state index in [2.05, 4.69) is 43.5 Å². The molecular weight excluding hydrogens is 702 g/mol. The molecule has 9 atom stereocenters. The summed E-state index contributed by atoms with van der Waals surface area (Å²) in [6, 6.07) is -1.18. The molecule has 8 N–H and O–H groups in total. The topological polar surface area (TPSA) is 189 Å². The SMILES string of the molecule is CCCCCCC/C=C/CCCC(O)C(O)C(COC1OC(CO)C(O)C(O)C1O)NC(=O)C(O)CCCCCCCC/C=C\CCCCCCCCCC. The van der Waals surface area contributed by atoms with Crippen LogP contribution < -0.4 is 5.32 Å². The second kappa shape index (κ2) is 34.6. The van der Waals surface area contributed by atoms with Crippen LogP contribution in [0.2, 0.25) is 0 Å². The van der Waals surface area contributed by atoms with E-state index in [9.17, 15) is 40.5 Å². The van der Waals surface area contributed by atoms with Gasteiger partial charge in [0.05, 0.1) is 25.4 Å². The monoisotopic (exact) mass is 786 g/mol. The first-order valence-corrected chi connectivity index (χ1v) is 22.2. The number of unbranched alkanes of at least 4 members (excludes halogenated alkanes) is 20. The number of aliphatic hydroxyl groups is 7. The first-order chi connectivity index (χ1) is 26.7. The van der Waals surface area contributed by atoms with Gasteiger partial charge < -0.3 is 50.5 Å². The fourth-order valence-electron chi connectivity index (χ4n) is 6.96. The van der Waals surface area contributed by atoms with Gasteiger partial charge in [0.2, 0.25) is 5.91 Å². The summed E-state index contributed by atoms with van der Waals surface area (Å²) in [7, 11) is 0. The molecule has 0 aliphatic carbocycles. The predicted molar refractivity (Wildman–Crippen MR) is 219 cm³/mol. The van der Waals surface area contributed by atoms with Crippen LogP contribution in [0, 0.1) is 0 Å². The molecule has 0 saturated carbocycles. The lowest BCUT2D eigenvalue weighted by molar-refractivity contribution is -0.303. The van der Waals surface area contributed by atoms with Gasteiger partial charge in [-0.25, -0.2) is 0 Å². The molecule has 55 heavy (non-hydrogen) atoms. The van der Waals surface area contributed by atoms with E-state index in [0.29, 0.717) is 12.8 Å². The third-order valence-electron chi connectivity index (χ3n) is 10.7. The van der Waals surface area contributed by atoms with Gasteiger partial charge in [0.15, 0.2) is 6.29 Å². The summed E-state index contributed by atoms with van der Waals surface area (Å²) in [5, 5.41) is 75.4. The highest BCUT2D eigenvalue weighted by Crippen LogP contribution is 2.23. The van der Waals surface area contributed by atoms with Crippen molar-refractivity contribution in [3.8, 4) is 0 Å². The number of nitrogens with one attached hydrogen (secondary N) is 1. The predicted octanol–water partition coefficient (Wildman–Crippen LogP) is 6.67. The fraction of sp³-hybridized carbons (Fsp3) is 0.886. The molecule has 1 fully saturated rings. The minimum atomic E-state index is -1.67. The van der Waals surface area contributed by atoms with Crippen LogP contribution in [0.3, 0.4) is 0 Å². The summed E-state index contributed by atoms with van der Waals surface area (Å²) in [5.41, 5.74) is 0. The van der Waals surface area contributed by atoms with Crippen molar-refractivity contribution >= 4 is 5.91 Å². The summed E-state index contributed by atoms with van der Waals surface area (Å²) < 4.78 is 11.0. The number of allylic oxidation sites excluding steroid dienone is 4. The molecule has 11 nitrogen and oxygen atoms in total. The Morgan fingerprint density at radius 1 is 0.618 bits per heavy atom. The number of hydrogen-bond donors (Lipinski definition) is 8. The molecule has 9 unspecified atom stereocenters. The minimum absolute atomic E-state index is 0.247. The van der Waals surface area contributed by atoms with Gasteiger partial charge in [-0.3, -0.25) is 4.79 Å². The normalized spacial score (nSPS) is 22.7. The minimum Gasteiger partial charge on any atom is -0.394 e. The molecule has 0 aromatic rings. The smallest absolute Gasteiger partial charge is 0.249 e. The van der Waals surface area contributed by atoms with Crippen molar-refractivity contribution in [3.63, 3.8) is 0 Å². The third kappa shape index (κ3) is 24.9. The molecule has 0 bridgehead atoms. The van der Waals surface area contributed by atoms with Crippen molar-refractivity contribution in [1.29, 1.82) is 0 Å². The average molecular weight is 786 g/mol. The van der Waals surface area contributed by atoms with E-state index in [1.54, 1.807) is 0 Å². The molecule has 1 rings (SSSR count). The lowest BCUT2D eigenvalue weighted by atomic mass is 9.98. The average Bonchev–Trinajstić information content (AvgIpc) is 3.18. The Morgan fingerprint density at radius 3 is 1.56 bits per heavy atom. The van der Waals surface area contributed by atoms with Gasteiger partial charge in [0.25, 0.3) is 0 Å². The second-order valence-corrected chi connectivity index (χ2v) is 15.8. The van der Waals surface area contributed by atoms with E-state index in [1.165, 1.54) is 83.5 Å². The van der Waals surface area contributed by atoms with Gasteiger partial charge in [0.1, 0.15) is 36.6 Å². The summed E-state index contributed by atoms with van der Waals surface area (Å²) >= 11 is 0. The standard InChI is InChI=1S/C44H83NO10/c1-3-5-7-9-11-13-15-16-17-18-19-20-21-22-24-26-28-30-32-37(48)43(53)45-35(34-54-44-42(52)41(51)40(50)38(33-46)55-44)39(49)36(47)31-29-27-25-23-14-12-10-8-6-4-2/h18-19,23,25,35-42,44,46-52H,3-17,20-22,24,26-34H2,1-2H3,(H,45,53)/b19-18-,25-23+. The maximum absolute atomic E-state index is 13.0. The number of carbonyl (C=O) groups excluding carboxylic acids is 1. The summed E-state index contributed by atoms with van der Waals surface area (Å²) in [5.74, 6) is -0.714. The number of ether oxygens (including phenoxy) is 2. The Labute approximate surface area is 334 Å². The lowest BCUT2D eigenvalue weighted by Gasteiger charge is -2.40. The second-order valence-electron chi connectivity index (χ2n) is 15.8. The molecule has 0 aromatic carbocycles. The molecular formula is C44H83NO10. The molecule has 324 valence electrons. The van der Waals surface area contributed by atoms with Crippen molar-refractivity contribution in [2.24, 2.45) is 0 Å². The summed E-state index contributed by atoms with van der Waals surface area (Å²) in [6.45, 7) is 3.37. The zero-order valence-electron chi connectivity index (χ0n) is 34.7. The number of carbonyl (C=O) groups is 1. The fourth-order valence-corrected chi connectivity index (χ4v) is 6.96. The van der Waals surface area contributed by atoms with Crippen LogP contribution in [0.15, 0.2) is 24.3 Å². The van der Waals surface area contributed by atoms with Gasteiger partial charge in [-0.15, -0.1) is 0 Å². The lowest BCUT2D eigenvalue weighted by Crippen LogP contribution is -2.60. The van der Waals surface area contributed by atoms with Gasteiger partial charge >= 0.3 is 0 Å². The van der Waals surface area contributed by atoms with Gasteiger partial charge in [0, 0.05) is 0 Å². The zero-order chi connectivity index (χ0) is 40.5. The largest absolute Gasteiger partial charge is 0.394 e. The van der Waals surface area contributed by atoms with Crippen molar-refractivity contribution in [3.05, 3.63) is 24.3 Å². The molecule has 1 aliphatic rings. The van der Waals surface area contributed by atoms with Crippen molar-refractivity contribution in [1.82, 2.24) is 5.32 Å². The van der Waals surface area contributed by atoms with E-state index < -0.39 is 74.2 Å². The number of rotatable bonds is 36. The number of amides is 1. The van der Waals surface area contributed by atoms with Gasteiger partial charge in [-0.05, 0) is 64.2 Å². The molecule has 1 saturated heterocycles. The van der Waals surface area contributed by atoms with Crippen LogP contribution in [-0.2, 0) is 14.3 Å². The third-order valence-corrected chi connectivity index (χ3v) is 10.7. The molecule has 1 heterocycles. The Morgan fingerprint density at radius 2 is 1.07 bits per heavy atom. The van der Waals surface area contributed by atoms with Crippen LogP contribution in [0.4, 0.5) is 0 Å². The van der Waals surface area contributed by atoms with Crippen LogP contribution in [0.25, 0.3) is 0 Å². The van der Waals surface area contributed by atoms with Gasteiger partial charge in [-0.1, -0.05) is 141 Å². The highest BCUT2D eigenvalue weighted by atomic mass is 16.7. The zero-order valence-corrected chi connectivity index (χ0v) is 34.7. The number of hydrogen-bond acceptors (Lipinski definition) is 10. The maximum atomic E-state index is 13.0. The summed E-state index contributed by atoms with van der Waals surface area (Å²) in [6.07, 6.45) is 25.3. The molecule has 1 amide bonds. The summed E-state index contributed by atoms with van der Waals surface area (Å²) in [4.78, 5) is 13.0. The van der Waals surface area contributed by atoms with Crippen LogP contribution >= 0.6 is 0 Å². The molecule has 0 radical (unpaired) electrons. The van der Waals surface area contributed by atoms with E-state index in [4.69, 9.17) is 9.47 Å². The molecule has 1 aliphatic heterocycles. The van der Waals surface area contributed by atoms with Crippen molar-refractivity contribution < 1.29 is 50.0 Å². The Bertz CT molecular complexity index is 950. The maximum Gasteiger partial charge on any atom is 0.249 e. The number of aliphatic hydroxyl groups excluding tert-OH is 7. The first-order valence-electron chi connectivity index (χ1n) is 22.2. The van der Waals surface area contributed by atoms with E-state index >= 15 is 0 Å². The molecule has 11 heteroatoms. The highest BCUT2D eigenvalue weighted by molar-refractivity contribution is 5.80. The first kappa shape index (κ1) is 51.6. The van der Waals surface area contributed by atoms with Gasteiger partial charge in [-0.2, -0.15) is 0 Å². The van der Waals surface area contributed by atoms with Crippen LogP contribution in [-0.4, -0.2) is 110 Å². The Hall–Kier alpha value is -1.41. The Balaban J connectivity index is 2.46. The Kier molecular flexibility index (Phi) is 32.5. The van der Waals surface area contributed by atoms with E-state index in [0.717, 1.165) is 57.8 Å². The molecule has 0 aromatic heterocycles. The highest BCUT2D eigenvalue weighted by Gasteiger charge is 2.44.